The van der Waals surface area contributed by atoms with Gasteiger partial charge in [0.25, 0.3) is 0 Å². The lowest BCUT2D eigenvalue weighted by molar-refractivity contribution is -0.105. The molecule has 8 nitrogen and oxygen atoms in total. The van der Waals surface area contributed by atoms with Crippen LogP contribution in [0.2, 0.25) is 0 Å². The number of hydrogen-bond donors (Lipinski definition) is 0. The van der Waals surface area contributed by atoms with Crippen molar-refractivity contribution < 1.29 is 9.47 Å². The van der Waals surface area contributed by atoms with Crippen molar-refractivity contribution in [2.45, 2.75) is 51.8 Å². The van der Waals surface area contributed by atoms with Gasteiger partial charge in [0.1, 0.15) is 17.0 Å². The average molecular weight is 439 g/mol. The maximum atomic E-state index is 9.89. The highest BCUT2D eigenvalue weighted by molar-refractivity contribution is 7.13. The first kappa shape index (κ1) is 20.4. The topological polar surface area (TPSA) is 89.1 Å². The molecule has 3 aromatic rings. The third kappa shape index (κ3) is 3.39. The molecule has 0 radical (unpaired) electrons. The van der Waals surface area contributed by atoms with Gasteiger partial charge in [0, 0.05) is 13.0 Å². The number of nitrogens with zero attached hydrogens (tertiary/aromatic N) is 6. The Kier molecular flexibility index (Phi) is 4.96. The first-order chi connectivity index (χ1) is 14.9. The molecule has 31 heavy (non-hydrogen) atoms. The number of aromatic nitrogens is 4. The van der Waals surface area contributed by atoms with Gasteiger partial charge in [0.2, 0.25) is 0 Å². The van der Waals surface area contributed by atoms with Crippen molar-refractivity contribution in [3.63, 3.8) is 0 Å². The maximum Gasteiger partial charge on any atom is 0.153 e. The highest BCUT2D eigenvalue weighted by Gasteiger charge is 2.31. The number of aryl methyl sites for hydroxylation is 1. The number of pyridine rings is 1. The lowest BCUT2D eigenvalue weighted by atomic mass is 9.86. The van der Waals surface area contributed by atoms with E-state index in [-0.39, 0.29) is 12.3 Å². The highest BCUT2D eigenvalue weighted by Crippen LogP contribution is 2.40. The molecule has 0 aliphatic carbocycles. The summed E-state index contributed by atoms with van der Waals surface area (Å²) < 4.78 is 19.0. The molecule has 0 spiro atoms. The number of morpholine rings is 1. The highest BCUT2D eigenvalue weighted by atomic mass is 32.1. The molecule has 2 aliphatic heterocycles. The third-order valence-electron chi connectivity index (χ3n) is 6.08. The van der Waals surface area contributed by atoms with Crippen LogP contribution in [0.5, 0.6) is 0 Å². The second-order valence-electron chi connectivity index (χ2n) is 8.82. The van der Waals surface area contributed by atoms with Crippen LogP contribution >= 0.6 is 11.5 Å². The van der Waals surface area contributed by atoms with Crippen molar-refractivity contribution in [2.24, 2.45) is 0 Å². The van der Waals surface area contributed by atoms with Gasteiger partial charge in [-0.25, -0.2) is 9.67 Å². The summed E-state index contributed by atoms with van der Waals surface area (Å²) in [6.45, 7) is 10.9. The van der Waals surface area contributed by atoms with Crippen molar-refractivity contribution in [3.8, 4) is 17.5 Å². The van der Waals surface area contributed by atoms with Crippen molar-refractivity contribution in [1.29, 1.82) is 5.26 Å². The first-order valence-electron chi connectivity index (χ1n) is 10.6. The van der Waals surface area contributed by atoms with Gasteiger partial charge in [-0.15, -0.1) is 0 Å². The predicted octanol–water partition coefficient (Wildman–Crippen LogP) is 3.81. The van der Waals surface area contributed by atoms with E-state index in [2.05, 4.69) is 29.1 Å². The van der Waals surface area contributed by atoms with Crippen molar-refractivity contribution in [2.75, 3.05) is 31.3 Å². The van der Waals surface area contributed by atoms with E-state index in [1.807, 2.05) is 31.5 Å². The van der Waals surface area contributed by atoms with E-state index in [0.717, 1.165) is 58.3 Å². The molecular formula is C22H26N6O2S. The van der Waals surface area contributed by atoms with Crippen LogP contribution in [0.1, 0.15) is 44.7 Å². The zero-order valence-corrected chi connectivity index (χ0v) is 19.1. The Morgan fingerprint density at radius 1 is 1.29 bits per heavy atom. The summed E-state index contributed by atoms with van der Waals surface area (Å²) in [5, 5.41) is 14.5. The van der Waals surface area contributed by atoms with Gasteiger partial charge in [-0.05, 0) is 56.9 Å². The minimum Gasteiger partial charge on any atom is -0.377 e. The van der Waals surface area contributed by atoms with Crippen molar-refractivity contribution in [1.82, 2.24) is 19.1 Å². The Hall–Kier alpha value is -2.54. The van der Waals surface area contributed by atoms with Gasteiger partial charge < -0.3 is 14.4 Å². The van der Waals surface area contributed by atoms with Crippen molar-refractivity contribution in [3.05, 3.63) is 23.4 Å². The molecule has 162 valence electrons. The molecule has 9 heteroatoms. The molecule has 2 saturated heterocycles. The fraction of sp³-hybridized carbons (Fsp3) is 0.545. The van der Waals surface area contributed by atoms with Crippen LogP contribution in [0.3, 0.4) is 0 Å². The van der Waals surface area contributed by atoms with E-state index in [0.29, 0.717) is 13.2 Å². The number of fused-ring (bicyclic) bond motifs is 1. The van der Waals surface area contributed by atoms with Gasteiger partial charge in [-0.3, -0.25) is 0 Å². The van der Waals surface area contributed by atoms with Crippen LogP contribution in [0.15, 0.2) is 12.1 Å². The average Bonchev–Trinajstić information content (AvgIpc) is 3.29. The summed E-state index contributed by atoms with van der Waals surface area (Å²) >= 11 is 1.40. The van der Waals surface area contributed by atoms with Crippen LogP contribution < -0.4 is 4.90 Å². The molecule has 0 saturated carbocycles. The van der Waals surface area contributed by atoms with Gasteiger partial charge >= 0.3 is 0 Å². The summed E-state index contributed by atoms with van der Waals surface area (Å²) in [6.07, 6.45) is 0.880. The summed E-state index contributed by atoms with van der Waals surface area (Å²) in [7, 11) is 0. The SMILES string of the molecule is Cc1cc(-c2nsc3c(C(C)(C)C#N)cc(N4CCOC[C@H]4C)nc23)n(C2CCO2)n1. The molecule has 1 unspecified atom stereocenters. The fourth-order valence-corrected chi connectivity index (χ4v) is 5.15. The van der Waals surface area contributed by atoms with E-state index >= 15 is 0 Å². The van der Waals surface area contributed by atoms with Gasteiger partial charge in [0.05, 0.1) is 53.4 Å². The molecular weight excluding hydrogens is 412 g/mol. The molecule has 0 N–H and O–H groups in total. The molecule has 3 aromatic heterocycles. The summed E-state index contributed by atoms with van der Waals surface area (Å²) in [5.41, 5.74) is 3.74. The number of ether oxygens (including phenoxy) is 2. The van der Waals surface area contributed by atoms with E-state index in [1.165, 1.54) is 11.5 Å². The Labute approximate surface area is 185 Å². The first-order valence-corrected chi connectivity index (χ1v) is 11.4. The van der Waals surface area contributed by atoms with Crippen LogP contribution in [-0.4, -0.2) is 51.5 Å². The van der Waals surface area contributed by atoms with Crippen LogP contribution in [0.25, 0.3) is 21.6 Å². The fourth-order valence-electron chi connectivity index (χ4n) is 4.14. The largest absolute Gasteiger partial charge is 0.377 e. The Balaban J connectivity index is 1.72. The van der Waals surface area contributed by atoms with Crippen LogP contribution in [-0.2, 0) is 14.9 Å². The smallest absolute Gasteiger partial charge is 0.153 e. The summed E-state index contributed by atoms with van der Waals surface area (Å²) in [6, 6.07) is 6.77. The quantitative estimate of drug-likeness (QED) is 0.612. The summed E-state index contributed by atoms with van der Waals surface area (Å²) in [5.74, 6) is 0.866. The zero-order chi connectivity index (χ0) is 21.8. The minimum absolute atomic E-state index is 0.0575. The monoisotopic (exact) mass is 438 g/mol. The van der Waals surface area contributed by atoms with Gasteiger partial charge in [-0.2, -0.15) is 14.7 Å². The molecule has 0 amide bonds. The molecule has 0 aromatic carbocycles. The molecule has 2 fully saturated rings. The van der Waals surface area contributed by atoms with Crippen LogP contribution in [0, 0.1) is 18.3 Å². The number of anilines is 1. The maximum absolute atomic E-state index is 9.89. The number of nitriles is 1. The second kappa shape index (κ2) is 7.55. The number of hydrogen-bond acceptors (Lipinski definition) is 8. The lowest BCUT2D eigenvalue weighted by Gasteiger charge is -2.35. The minimum atomic E-state index is -0.664. The number of rotatable bonds is 4. The van der Waals surface area contributed by atoms with E-state index in [9.17, 15) is 5.26 Å². The molecule has 2 aliphatic rings. The molecule has 5 rings (SSSR count). The Bertz CT molecular complexity index is 1170. The summed E-state index contributed by atoms with van der Waals surface area (Å²) in [4.78, 5) is 7.34. The molecule has 5 heterocycles. The van der Waals surface area contributed by atoms with Gasteiger partial charge in [0.15, 0.2) is 6.23 Å². The zero-order valence-electron chi connectivity index (χ0n) is 18.3. The third-order valence-corrected chi connectivity index (χ3v) is 6.94. The molecule has 2 atom stereocenters. The Morgan fingerprint density at radius 2 is 2.10 bits per heavy atom. The van der Waals surface area contributed by atoms with E-state index < -0.39 is 5.41 Å². The molecule has 0 bridgehead atoms. The van der Waals surface area contributed by atoms with Crippen LogP contribution in [0.4, 0.5) is 5.82 Å². The lowest BCUT2D eigenvalue weighted by Crippen LogP contribution is -2.44. The van der Waals surface area contributed by atoms with Gasteiger partial charge in [-0.1, -0.05) is 0 Å². The Morgan fingerprint density at radius 3 is 2.77 bits per heavy atom. The van der Waals surface area contributed by atoms with E-state index in [1.54, 1.807) is 0 Å². The standard InChI is InChI=1S/C22H26N6O2S/c1-13-9-16(28(25-13)18-5-7-30-18)19-20-21(31-26-19)15(22(3,4)12-23)10-17(24-20)27-6-8-29-11-14(27)2/h9-10,14,18H,5-8,11H2,1-4H3/t14-,18?/m1/s1. The second-order valence-corrected chi connectivity index (χ2v) is 9.59. The predicted molar refractivity (Wildman–Crippen MR) is 119 cm³/mol. The normalized spacial score (nSPS) is 21.8. The van der Waals surface area contributed by atoms with Crippen molar-refractivity contribution >= 4 is 27.6 Å². The van der Waals surface area contributed by atoms with E-state index in [4.69, 9.17) is 18.8 Å².